The van der Waals surface area contributed by atoms with Crippen molar-refractivity contribution in [1.82, 2.24) is 19.0 Å². The Kier molecular flexibility index (Phi) is 5.02. The maximum atomic E-state index is 12.7. The van der Waals surface area contributed by atoms with Crippen molar-refractivity contribution in [3.05, 3.63) is 25.0 Å². The first-order chi connectivity index (χ1) is 10.4. The number of amides is 1. The molecule has 2 heterocycles. The van der Waals surface area contributed by atoms with Crippen LogP contribution in [0.2, 0.25) is 0 Å². The molecule has 1 amide bonds. The summed E-state index contributed by atoms with van der Waals surface area (Å²) >= 11 is 0. The zero-order chi connectivity index (χ0) is 16.3. The molecule has 0 saturated carbocycles. The second kappa shape index (κ2) is 6.62. The Morgan fingerprint density at radius 2 is 2.18 bits per heavy atom. The second-order valence-electron chi connectivity index (χ2n) is 5.19. The molecule has 1 aliphatic heterocycles. The van der Waals surface area contributed by atoms with Gasteiger partial charge in [0.1, 0.15) is 4.90 Å². The van der Waals surface area contributed by atoms with E-state index in [4.69, 9.17) is 0 Å². The molecular formula is C14H22N4O3S. The van der Waals surface area contributed by atoms with Crippen molar-refractivity contribution in [3.8, 4) is 0 Å². The summed E-state index contributed by atoms with van der Waals surface area (Å²) in [4.78, 5) is 13.7. The van der Waals surface area contributed by atoms with E-state index in [1.54, 1.807) is 9.58 Å². The number of carbonyl (C=O) groups excluding carboxylic acids is 1. The van der Waals surface area contributed by atoms with Gasteiger partial charge in [0.2, 0.25) is 15.9 Å². The van der Waals surface area contributed by atoms with Crippen LogP contribution in [0.5, 0.6) is 0 Å². The van der Waals surface area contributed by atoms with Crippen molar-refractivity contribution in [2.75, 3.05) is 19.6 Å². The predicted molar refractivity (Wildman–Crippen MR) is 82.6 cm³/mol. The third-order valence-electron chi connectivity index (χ3n) is 3.95. The molecule has 1 aromatic heterocycles. The normalized spacial score (nSPS) is 20.1. The lowest BCUT2D eigenvalue weighted by molar-refractivity contribution is -0.130. The van der Waals surface area contributed by atoms with Crippen molar-refractivity contribution >= 4 is 15.9 Å². The van der Waals surface area contributed by atoms with E-state index in [0.29, 0.717) is 26.1 Å². The van der Waals surface area contributed by atoms with Crippen LogP contribution >= 0.6 is 0 Å². The lowest BCUT2D eigenvalue weighted by atomic mass is 10.1. The zero-order valence-corrected chi connectivity index (χ0v) is 13.8. The fourth-order valence-corrected chi connectivity index (χ4v) is 4.03. The molecule has 0 aromatic carbocycles. The summed E-state index contributed by atoms with van der Waals surface area (Å²) in [6.07, 6.45) is 4.89. The van der Waals surface area contributed by atoms with Gasteiger partial charge in [0.25, 0.3) is 0 Å². The molecule has 0 bridgehead atoms. The zero-order valence-electron chi connectivity index (χ0n) is 13.0. The number of piperazine rings is 1. The Bertz CT molecular complexity index is 653. The summed E-state index contributed by atoms with van der Waals surface area (Å²) in [6, 6.07) is -0.129. The van der Waals surface area contributed by atoms with Gasteiger partial charge < -0.3 is 4.90 Å². The van der Waals surface area contributed by atoms with E-state index in [9.17, 15) is 13.2 Å². The Morgan fingerprint density at radius 1 is 1.45 bits per heavy atom. The molecule has 8 heteroatoms. The summed E-state index contributed by atoms with van der Waals surface area (Å²) in [6.45, 7) is 8.93. The summed E-state index contributed by atoms with van der Waals surface area (Å²) in [5, 5.41) is 4.02. The topological polar surface area (TPSA) is 75.5 Å². The van der Waals surface area contributed by atoms with Gasteiger partial charge in [0.05, 0.1) is 6.20 Å². The minimum atomic E-state index is -3.56. The molecule has 1 fully saturated rings. The first kappa shape index (κ1) is 16.7. The van der Waals surface area contributed by atoms with Crippen LogP contribution in [0.3, 0.4) is 0 Å². The lowest BCUT2D eigenvalue weighted by Crippen LogP contribution is -2.55. The van der Waals surface area contributed by atoms with Crippen LogP contribution in [0.4, 0.5) is 0 Å². The molecule has 0 radical (unpaired) electrons. The summed E-state index contributed by atoms with van der Waals surface area (Å²) in [5.74, 6) is -0.150. The van der Waals surface area contributed by atoms with E-state index >= 15 is 0 Å². The molecule has 1 atom stereocenters. The molecule has 2 rings (SSSR count). The number of sulfonamides is 1. The molecule has 0 N–H and O–H groups in total. The van der Waals surface area contributed by atoms with Gasteiger partial charge in [-0.25, -0.2) is 8.42 Å². The van der Waals surface area contributed by atoms with Crippen LogP contribution in [-0.4, -0.2) is 59.0 Å². The van der Waals surface area contributed by atoms with E-state index in [-0.39, 0.29) is 23.4 Å². The first-order valence-electron chi connectivity index (χ1n) is 7.39. The molecule has 1 aliphatic rings. The van der Waals surface area contributed by atoms with E-state index < -0.39 is 10.0 Å². The highest BCUT2D eigenvalue weighted by Gasteiger charge is 2.35. The lowest BCUT2D eigenvalue weighted by Gasteiger charge is -2.39. The summed E-state index contributed by atoms with van der Waals surface area (Å²) < 4.78 is 28.4. The summed E-state index contributed by atoms with van der Waals surface area (Å²) in [7, 11) is -3.56. The highest BCUT2D eigenvalue weighted by atomic mass is 32.2. The summed E-state index contributed by atoms with van der Waals surface area (Å²) in [5.41, 5.74) is 0. The number of aromatic nitrogens is 2. The van der Waals surface area contributed by atoms with E-state index in [1.165, 1.54) is 22.8 Å². The van der Waals surface area contributed by atoms with E-state index in [0.717, 1.165) is 0 Å². The molecule has 0 spiro atoms. The Balaban J connectivity index is 2.20. The minimum Gasteiger partial charge on any atom is -0.334 e. The molecular weight excluding hydrogens is 304 g/mol. The monoisotopic (exact) mass is 326 g/mol. The van der Waals surface area contributed by atoms with Crippen LogP contribution in [-0.2, 0) is 21.4 Å². The van der Waals surface area contributed by atoms with Crippen LogP contribution in [0.15, 0.2) is 29.9 Å². The quantitative estimate of drug-likeness (QED) is 0.747. The van der Waals surface area contributed by atoms with Gasteiger partial charge in [-0.2, -0.15) is 9.40 Å². The fraction of sp³-hybridized carbons (Fsp3) is 0.571. The van der Waals surface area contributed by atoms with Crippen molar-refractivity contribution in [2.24, 2.45) is 0 Å². The highest BCUT2D eigenvalue weighted by molar-refractivity contribution is 7.89. The van der Waals surface area contributed by atoms with Gasteiger partial charge in [-0.3, -0.25) is 9.48 Å². The molecule has 0 unspecified atom stereocenters. The Morgan fingerprint density at radius 3 is 2.73 bits per heavy atom. The second-order valence-corrected chi connectivity index (χ2v) is 7.13. The predicted octanol–water partition coefficient (Wildman–Crippen LogP) is 0.700. The van der Waals surface area contributed by atoms with E-state index in [2.05, 4.69) is 11.7 Å². The maximum absolute atomic E-state index is 12.7. The number of nitrogens with zero attached hydrogens (tertiary/aromatic N) is 4. The van der Waals surface area contributed by atoms with Gasteiger partial charge in [-0.1, -0.05) is 13.5 Å². The number of rotatable bonds is 5. The molecule has 22 heavy (non-hydrogen) atoms. The standard InChI is InChI=1S/C14H22N4O3S/c1-4-12-10-17(7-8-18(12)14(19)5-2)22(20,21)13-9-15-16(6-3)11-13/h5,9,11-12H,2,4,6-8,10H2,1,3H3/t12-/m1/s1. The van der Waals surface area contributed by atoms with Crippen LogP contribution < -0.4 is 0 Å². The first-order valence-corrected chi connectivity index (χ1v) is 8.83. The largest absolute Gasteiger partial charge is 0.334 e. The van der Waals surface area contributed by atoms with Gasteiger partial charge in [-0.05, 0) is 19.4 Å². The van der Waals surface area contributed by atoms with Crippen molar-refractivity contribution < 1.29 is 13.2 Å². The highest BCUT2D eigenvalue weighted by Crippen LogP contribution is 2.21. The average molecular weight is 326 g/mol. The SMILES string of the molecule is C=CC(=O)N1CCN(S(=O)(=O)c2cnn(CC)c2)C[C@H]1CC. The number of carbonyl (C=O) groups is 1. The third kappa shape index (κ3) is 3.07. The third-order valence-corrected chi connectivity index (χ3v) is 5.76. The Hall–Kier alpha value is -1.67. The average Bonchev–Trinajstić information content (AvgIpc) is 3.03. The molecule has 0 aliphatic carbocycles. The maximum Gasteiger partial charge on any atom is 0.246 e. The van der Waals surface area contributed by atoms with Gasteiger partial charge in [0, 0.05) is 38.4 Å². The molecule has 122 valence electrons. The number of hydrogen-bond donors (Lipinski definition) is 0. The van der Waals surface area contributed by atoms with Crippen molar-refractivity contribution in [3.63, 3.8) is 0 Å². The van der Waals surface area contributed by atoms with Gasteiger partial charge in [0.15, 0.2) is 0 Å². The molecule has 1 aromatic rings. The van der Waals surface area contributed by atoms with Crippen molar-refractivity contribution in [2.45, 2.75) is 37.8 Å². The smallest absolute Gasteiger partial charge is 0.246 e. The fourth-order valence-electron chi connectivity index (χ4n) is 2.60. The van der Waals surface area contributed by atoms with Crippen LogP contribution in [0, 0.1) is 0 Å². The minimum absolute atomic E-state index is 0.129. The van der Waals surface area contributed by atoms with Gasteiger partial charge in [-0.15, -0.1) is 0 Å². The van der Waals surface area contributed by atoms with Crippen LogP contribution in [0.25, 0.3) is 0 Å². The van der Waals surface area contributed by atoms with Crippen LogP contribution in [0.1, 0.15) is 20.3 Å². The number of aryl methyl sites for hydroxylation is 1. The Labute approximate surface area is 131 Å². The van der Waals surface area contributed by atoms with E-state index in [1.807, 2.05) is 13.8 Å². The molecule has 1 saturated heterocycles. The van der Waals surface area contributed by atoms with Gasteiger partial charge >= 0.3 is 0 Å². The van der Waals surface area contributed by atoms with Crippen molar-refractivity contribution in [1.29, 1.82) is 0 Å². The molecule has 7 nitrogen and oxygen atoms in total. The number of hydrogen-bond acceptors (Lipinski definition) is 4.